The molecule has 0 aliphatic carbocycles. The fraction of sp³-hybridized carbons (Fsp3) is 0.786. The molecule has 3 N–H and O–H groups in total. The zero-order chi connectivity index (χ0) is 16.6. The smallest absolute Gasteiger partial charge is 0.407 e. The number of alkyl carbamates (subject to hydrolysis) is 1. The third-order valence-electron chi connectivity index (χ3n) is 2.83. The van der Waals surface area contributed by atoms with Gasteiger partial charge < -0.3 is 20.5 Å². The lowest BCUT2D eigenvalue weighted by Crippen LogP contribution is -2.43. The van der Waals surface area contributed by atoms with Crippen LogP contribution in [0.4, 0.5) is 4.79 Å². The predicted octanol–water partition coefficient (Wildman–Crippen LogP) is 0.663. The van der Waals surface area contributed by atoms with E-state index in [-0.39, 0.29) is 12.6 Å². The molecule has 1 atom stereocenters. The normalized spacial score (nSPS) is 13.0. The Morgan fingerprint density at radius 2 is 2.23 bits per heavy atom. The average molecular weight is 313 g/mol. The Bertz CT molecular complexity index is 456. The summed E-state index contributed by atoms with van der Waals surface area (Å²) in [4.78, 5) is 11.7. The second-order valence-electron chi connectivity index (χ2n) is 6.08. The Morgan fingerprint density at radius 3 is 2.82 bits per heavy atom. The van der Waals surface area contributed by atoms with Crippen LogP contribution in [-0.2, 0) is 17.8 Å². The van der Waals surface area contributed by atoms with Crippen molar-refractivity contribution in [3.8, 4) is 0 Å². The van der Waals surface area contributed by atoms with Crippen molar-refractivity contribution in [3.63, 3.8) is 0 Å². The van der Waals surface area contributed by atoms with Crippen molar-refractivity contribution < 1.29 is 14.6 Å². The Labute approximate surface area is 131 Å². The molecule has 1 heterocycles. The molecule has 1 amide bonds. The van der Waals surface area contributed by atoms with Gasteiger partial charge in [0, 0.05) is 25.3 Å². The summed E-state index contributed by atoms with van der Waals surface area (Å²) >= 11 is 0. The van der Waals surface area contributed by atoms with Gasteiger partial charge in [0.2, 0.25) is 0 Å². The third kappa shape index (κ3) is 7.37. The lowest BCUT2D eigenvalue weighted by molar-refractivity contribution is 0.0502. The molecule has 1 unspecified atom stereocenters. The van der Waals surface area contributed by atoms with E-state index >= 15 is 0 Å². The molecule has 0 fully saturated rings. The lowest BCUT2D eigenvalue weighted by Gasteiger charge is -2.23. The molecule has 8 heteroatoms. The van der Waals surface area contributed by atoms with Gasteiger partial charge in [0.1, 0.15) is 5.60 Å². The Hall–Kier alpha value is -1.67. The van der Waals surface area contributed by atoms with E-state index in [4.69, 9.17) is 9.84 Å². The van der Waals surface area contributed by atoms with Gasteiger partial charge in [0.25, 0.3) is 0 Å². The first-order chi connectivity index (χ1) is 10.3. The predicted molar refractivity (Wildman–Crippen MR) is 82.3 cm³/mol. The number of hydrogen-bond acceptors (Lipinski definition) is 6. The molecule has 0 spiro atoms. The van der Waals surface area contributed by atoms with Crippen molar-refractivity contribution >= 4 is 6.09 Å². The molecule has 0 saturated heterocycles. The van der Waals surface area contributed by atoms with Gasteiger partial charge in [-0.2, -0.15) is 0 Å². The molecular weight excluding hydrogens is 286 g/mol. The van der Waals surface area contributed by atoms with Gasteiger partial charge in [-0.15, -0.1) is 5.10 Å². The first-order valence-electron chi connectivity index (χ1n) is 7.54. The topological polar surface area (TPSA) is 101 Å². The number of aromatic nitrogens is 3. The summed E-state index contributed by atoms with van der Waals surface area (Å²) < 4.78 is 6.83. The number of amides is 1. The van der Waals surface area contributed by atoms with Crippen LogP contribution in [0, 0.1) is 0 Å². The molecule has 0 saturated carbocycles. The van der Waals surface area contributed by atoms with Crippen LogP contribution in [0.15, 0.2) is 6.20 Å². The number of nitrogens with zero attached hydrogens (tertiary/aromatic N) is 3. The lowest BCUT2D eigenvalue weighted by atomic mass is 10.2. The number of carbonyl (C=O) groups excluding carboxylic acids is 1. The SMILES string of the molecule is CCC(CNCc1cn(CCO)nn1)NC(=O)OC(C)(C)C. The van der Waals surface area contributed by atoms with E-state index < -0.39 is 11.7 Å². The van der Waals surface area contributed by atoms with Gasteiger partial charge in [-0.3, -0.25) is 0 Å². The summed E-state index contributed by atoms with van der Waals surface area (Å²) in [5.41, 5.74) is 0.293. The molecule has 0 bridgehead atoms. The van der Waals surface area contributed by atoms with E-state index in [1.807, 2.05) is 27.7 Å². The molecule has 0 radical (unpaired) electrons. The first-order valence-corrected chi connectivity index (χ1v) is 7.54. The fourth-order valence-corrected chi connectivity index (χ4v) is 1.78. The van der Waals surface area contributed by atoms with E-state index in [1.165, 1.54) is 0 Å². The van der Waals surface area contributed by atoms with Crippen LogP contribution in [0.2, 0.25) is 0 Å². The van der Waals surface area contributed by atoms with E-state index in [0.29, 0.717) is 19.6 Å². The molecule has 0 aliphatic rings. The minimum atomic E-state index is -0.499. The maximum Gasteiger partial charge on any atom is 0.407 e. The van der Waals surface area contributed by atoms with Crippen molar-refractivity contribution in [2.75, 3.05) is 13.2 Å². The van der Waals surface area contributed by atoms with Crippen LogP contribution in [0.1, 0.15) is 39.8 Å². The Kier molecular flexibility index (Phi) is 7.26. The van der Waals surface area contributed by atoms with Gasteiger partial charge in [0.15, 0.2) is 0 Å². The first kappa shape index (κ1) is 18.4. The summed E-state index contributed by atoms with van der Waals surface area (Å²) in [6.45, 7) is 9.14. The highest BCUT2D eigenvalue weighted by molar-refractivity contribution is 5.68. The van der Waals surface area contributed by atoms with Crippen LogP contribution >= 0.6 is 0 Å². The van der Waals surface area contributed by atoms with Gasteiger partial charge in [0.05, 0.1) is 18.8 Å². The molecule has 1 aromatic rings. The number of aliphatic hydroxyl groups is 1. The zero-order valence-electron chi connectivity index (χ0n) is 13.8. The maximum atomic E-state index is 11.7. The maximum absolute atomic E-state index is 11.7. The Balaban J connectivity index is 2.32. The summed E-state index contributed by atoms with van der Waals surface area (Å²) in [6.07, 6.45) is 2.17. The summed E-state index contributed by atoms with van der Waals surface area (Å²) in [5.74, 6) is 0. The highest BCUT2D eigenvalue weighted by Crippen LogP contribution is 2.07. The molecule has 22 heavy (non-hydrogen) atoms. The summed E-state index contributed by atoms with van der Waals surface area (Å²) in [5, 5.41) is 22.8. The minimum Gasteiger partial charge on any atom is -0.444 e. The fourth-order valence-electron chi connectivity index (χ4n) is 1.78. The van der Waals surface area contributed by atoms with Crippen LogP contribution in [-0.4, -0.2) is 51.0 Å². The van der Waals surface area contributed by atoms with Crippen LogP contribution < -0.4 is 10.6 Å². The van der Waals surface area contributed by atoms with Crippen LogP contribution in [0.3, 0.4) is 0 Å². The molecule has 8 nitrogen and oxygen atoms in total. The Morgan fingerprint density at radius 1 is 1.50 bits per heavy atom. The van der Waals surface area contributed by atoms with Crippen LogP contribution in [0.5, 0.6) is 0 Å². The number of hydrogen-bond donors (Lipinski definition) is 3. The van der Waals surface area contributed by atoms with Gasteiger partial charge in [-0.25, -0.2) is 9.48 Å². The number of aliphatic hydroxyl groups excluding tert-OH is 1. The standard InChI is InChI=1S/C14H27N5O3/c1-5-11(16-13(21)22-14(2,3)4)8-15-9-12-10-19(6-7-20)18-17-12/h10-11,15,20H,5-9H2,1-4H3,(H,16,21). The molecule has 0 aliphatic heterocycles. The van der Waals surface area contributed by atoms with Gasteiger partial charge >= 0.3 is 6.09 Å². The number of rotatable bonds is 8. The zero-order valence-corrected chi connectivity index (χ0v) is 13.8. The quantitative estimate of drug-likeness (QED) is 0.652. The van der Waals surface area contributed by atoms with Gasteiger partial charge in [-0.05, 0) is 27.2 Å². The van der Waals surface area contributed by atoms with Crippen LogP contribution in [0.25, 0.3) is 0 Å². The number of ether oxygens (including phenoxy) is 1. The molecule has 126 valence electrons. The van der Waals surface area contributed by atoms with Crippen molar-refractivity contribution in [1.29, 1.82) is 0 Å². The van der Waals surface area contributed by atoms with E-state index in [1.54, 1.807) is 10.9 Å². The van der Waals surface area contributed by atoms with E-state index in [2.05, 4.69) is 20.9 Å². The molecule has 1 rings (SSSR count). The van der Waals surface area contributed by atoms with Crippen molar-refractivity contribution in [3.05, 3.63) is 11.9 Å². The van der Waals surface area contributed by atoms with Crippen molar-refractivity contribution in [2.24, 2.45) is 0 Å². The van der Waals surface area contributed by atoms with Gasteiger partial charge in [-0.1, -0.05) is 12.1 Å². The second-order valence-corrected chi connectivity index (χ2v) is 6.08. The number of carbonyl (C=O) groups is 1. The largest absolute Gasteiger partial charge is 0.444 e. The van der Waals surface area contributed by atoms with Crippen molar-refractivity contribution in [2.45, 2.75) is 58.8 Å². The highest BCUT2D eigenvalue weighted by atomic mass is 16.6. The summed E-state index contributed by atoms with van der Waals surface area (Å²) in [6, 6.07) is -0.0117. The molecular formula is C14H27N5O3. The minimum absolute atomic E-state index is 0.0117. The third-order valence-corrected chi connectivity index (χ3v) is 2.83. The van der Waals surface area contributed by atoms with E-state index in [9.17, 15) is 4.79 Å². The molecule has 1 aromatic heterocycles. The summed E-state index contributed by atoms with van der Waals surface area (Å²) in [7, 11) is 0. The number of nitrogens with one attached hydrogen (secondary N) is 2. The molecule has 0 aromatic carbocycles. The van der Waals surface area contributed by atoms with E-state index in [0.717, 1.165) is 12.1 Å². The highest BCUT2D eigenvalue weighted by Gasteiger charge is 2.18. The monoisotopic (exact) mass is 313 g/mol. The van der Waals surface area contributed by atoms with Crippen molar-refractivity contribution in [1.82, 2.24) is 25.6 Å². The average Bonchev–Trinajstić information content (AvgIpc) is 2.83. The second kappa shape index (κ2) is 8.70.